The molecule has 0 atom stereocenters. The Bertz CT molecular complexity index is 406. The van der Waals surface area contributed by atoms with Gasteiger partial charge in [-0.2, -0.15) is 26.7 Å². The van der Waals surface area contributed by atoms with Gasteiger partial charge in [0.1, 0.15) is 5.69 Å². The van der Waals surface area contributed by atoms with Crippen LogP contribution in [-0.4, -0.2) is 18.6 Å². The first-order valence-electron chi connectivity index (χ1n) is 2.78. The molecule has 0 saturated carbocycles. The molecule has 1 N–H and O–H groups in total. The van der Waals surface area contributed by atoms with Gasteiger partial charge < -0.3 is 0 Å². The van der Waals surface area contributed by atoms with Gasteiger partial charge in [0.2, 0.25) is 5.03 Å². The van der Waals surface area contributed by atoms with E-state index in [-0.39, 0.29) is 6.07 Å². The number of halogens is 4. The zero-order chi connectivity index (χ0) is 10.3. The Morgan fingerprint density at radius 1 is 1.38 bits per heavy atom. The summed E-state index contributed by atoms with van der Waals surface area (Å²) in [6, 6.07) is 0.0787. The molecule has 1 aromatic heterocycles. The van der Waals surface area contributed by atoms with E-state index in [1.165, 1.54) is 5.10 Å². The maximum Gasteiger partial charge on any atom is 0.432 e. The quantitative estimate of drug-likeness (QED) is 0.566. The molecule has 4 nitrogen and oxygen atoms in total. The van der Waals surface area contributed by atoms with Gasteiger partial charge in [0.25, 0.3) is 0 Å². The maximum atomic E-state index is 12.0. The molecular formula is C4H2F4N2O2S. The number of nitrogens with one attached hydrogen (secondary N) is 1. The van der Waals surface area contributed by atoms with Crippen LogP contribution in [-0.2, 0) is 16.4 Å². The van der Waals surface area contributed by atoms with Crippen LogP contribution in [0.3, 0.4) is 0 Å². The molecule has 74 valence electrons. The summed E-state index contributed by atoms with van der Waals surface area (Å²) in [6.45, 7) is 0. The minimum Gasteiger partial charge on any atom is -0.272 e. The Morgan fingerprint density at radius 3 is 2.15 bits per heavy atom. The lowest BCUT2D eigenvalue weighted by molar-refractivity contribution is -0.141. The zero-order valence-corrected chi connectivity index (χ0v) is 6.58. The molecule has 1 aromatic rings. The predicted octanol–water partition coefficient (Wildman–Crippen LogP) is 1.09. The highest BCUT2D eigenvalue weighted by Gasteiger charge is 2.34. The van der Waals surface area contributed by atoms with E-state index in [0.717, 1.165) is 0 Å². The van der Waals surface area contributed by atoms with Crippen molar-refractivity contribution in [2.75, 3.05) is 0 Å². The average molecular weight is 218 g/mol. The van der Waals surface area contributed by atoms with Crippen LogP contribution in [0.2, 0.25) is 0 Å². The van der Waals surface area contributed by atoms with Crippen LogP contribution in [0.15, 0.2) is 11.1 Å². The van der Waals surface area contributed by atoms with Gasteiger partial charge in [-0.25, -0.2) is 0 Å². The van der Waals surface area contributed by atoms with E-state index in [4.69, 9.17) is 0 Å². The topological polar surface area (TPSA) is 62.8 Å². The van der Waals surface area contributed by atoms with Crippen molar-refractivity contribution in [2.45, 2.75) is 11.2 Å². The third-order valence-corrected chi connectivity index (χ3v) is 1.82. The van der Waals surface area contributed by atoms with E-state index in [9.17, 15) is 25.5 Å². The van der Waals surface area contributed by atoms with Crippen LogP contribution in [0, 0.1) is 0 Å². The van der Waals surface area contributed by atoms with Crippen molar-refractivity contribution in [3.05, 3.63) is 11.8 Å². The molecule has 9 heteroatoms. The predicted molar refractivity (Wildman–Crippen MR) is 31.9 cm³/mol. The molecule has 0 bridgehead atoms. The van der Waals surface area contributed by atoms with Gasteiger partial charge in [-0.3, -0.25) is 5.10 Å². The normalized spacial score (nSPS) is 13.2. The summed E-state index contributed by atoms with van der Waals surface area (Å²) in [5.74, 6) is 0. The van der Waals surface area contributed by atoms with Crippen molar-refractivity contribution >= 4 is 10.2 Å². The molecule has 0 amide bonds. The average Bonchev–Trinajstić information content (AvgIpc) is 2.28. The highest BCUT2D eigenvalue weighted by molar-refractivity contribution is 7.86. The molecule has 0 radical (unpaired) electrons. The zero-order valence-electron chi connectivity index (χ0n) is 5.76. The van der Waals surface area contributed by atoms with E-state index in [1.54, 1.807) is 0 Å². The van der Waals surface area contributed by atoms with Gasteiger partial charge in [0, 0.05) is 6.07 Å². The number of hydrogen-bond acceptors (Lipinski definition) is 3. The second-order valence-corrected chi connectivity index (χ2v) is 3.35. The minimum atomic E-state index is -5.18. The molecule has 1 rings (SSSR count). The van der Waals surface area contributed by atoms with Crippen molar-refractivity contribution in [1.29, 1.82) is 0 Å². The van der Waals surface area contributed by atoms with Crippen LogP contribution >= 0.6 is 0 Å². The molecule has 0 aliphatic carbocycles. The van der Waals surface area contributed by atoms with E-state index in [1.807, 2.05) is 0 Å². The lowest BCUT2D eigenvalue weighted by atomic mass is 10.4. The van der Waals surface area contributed by atoms with E-state index in [0.29, 0.717) is 0 Å². The summed E-state index contributed by atoms with van der Waals surface area (Å²) in [5.41, 5.74) is -1.41. The Labute approximate surface area is 69.8 Å². The van der Waals surface area contributed by atoms with Gasteiger partial charge in [0.05, 0.1) is 0 Å². The van der Waals surface area contributed by atoms with Crippen molar-refractivity contribution < 1.29 is 25.5 Å². The summed E-state index contributed by atoms with van der Waals surface area (Å²) in [6.07, 6.45) is -4.77. The summed E-state index contributed by atoms with van der Waals surface area (Å²) < 4.78 is 67.6. The standard InChI is InChI=1S/C4H2F4N2O2S/c5-4(6,7)2-1-3(10-9-2)13(8,11)12/h1H,(H,9,10). The molecular weight excluding hydrogens is 216 g/mol. The third-order valence-electron chi connectivity index (χ3n) is 1.11. The smallest absolute Gasteiger partial charge is 0.272 e. The van der Waals surface area contributed by atoms with E-state index in [2.05, 4.69) is 5.10 Å². The van der Waals surface area contributed by atoms with Crippen LogP contribution in [0.4, 0.5) is 17.1 Å². The number of H-pyrrole nitrogens is 1. The Balaban J connectivity index is 3.16. The fourth-order valence-electron chi connectivity index (χ4n) is 0.573. The lowest BCUT2D eigenvalue weighted by Gasteiger charge is -1.99. The minimum absolute atomic E-state index is 0.0787. The van der Waals surface area contributed by atoms with Gasteiger partial charge in [-0.05, 0) is 0 Å². The molecule has 0 unspecified atom stereocenters. The Hall–Kier alpha value is -1.12. The summed E-state index contributed by atoms with van der Waals surface area (Å²) in [7, 11) is -5.18. The first-order chi connectivity index (χ1) is 5.71. The molecule has 0 aromatic carbocycles. The number of aromatic nitrogens is 2. The SMILES string of the molecule is O=S(=O)(F)c1cc(C(F)(F)F)[nH]n1. The number of hydrogen-bond donors (Lipinski definition) is 1. The molecule has 0 aliphatic rings. The number of rotatable bonds is 1. The summed E-state index contributed by atoms with van der Waals surface area (Å²) in [5, 5.41) is 2.73. The Kier molecular flexibility index (Phi) is 2.06. The van der Waals surface area contributed by atoms with Crippen LogP contribution in [0.25, 0.3) is 0 Å². The van der Waals surface area contributed by atoms with E-state index < -0.39 is 27.1 Å². The molecule has 0 saturated heterocycles. The molecule has 0 fully saturated rings. The second kappa shape index (κ2) is 2.69. The number of nitrogens with zero attached hydrogens (tertiary/aromatic N) is 1. The van der Waals surface area contributed by atoms with E-state index >= 15 is 0 Å². The van der Waals surface area contributed by atoms with Crippen molar-refractivity contribution in [3.63, 3.8) is 0 Å². The van der Waals surface area contributed by atoms with Crippen molar-refractivity contribution in [3.8, 4) is 0 Å². The summed E-state index contributed by atoms with van der Waals surface area (Å²) >= 11 is 0. The molecule has 0 spiro atoms. The van der Waals surface area contributed by atoms with Crippen LogP contribution in [0.1, 0.15) is 5.69 Å². The lowest BCUT2D eigenvalue weighted by Crippen LogP contribution is -2.04. The van der Waals surface area contributed by atoms with Gasteiger partial charge in [-0.1, -0.05) is 3.89 Å². The fourth-order valence-corrected chi connectivity index (χ4v) is 0.987. The first-order valence-corrected chi connectivity index (χ1v) is 4.17. The highest BCUT2D eigenvalue weighted by atomic mass is 32.3. The number of aromatic amines is 1. The largest absolute Gasteiger partial charge is 0.432 e. The first kappa shape index (κ1) is 9.96. The monoisotopic (exact) mass is 218 g/mol. The van der Waals surface area contributed by atoms with Crippen LogP contribution in [0.5, 0.6) is 0 Å². The van der Waals surface area contributed by atoms with Gasteiger partial charge in [-0.15, -0.1) is 0 Å². The molecule has 13 heavy (non-hydrogen) atoms. The van der Waals surface area contributed by atoms with Gasteiger partial charge in [0.15, 0.2) is 0 Å². The maximum absolute atomic E-state index is 12.0. The third kappa shape index (κ3) is 2.17. The fraction of sp³-hybridized carbons (Fsp3) is 0.250. The molecule has 1 heterocycles. The second-order valence-electron chi connectivity index (χ2n) is 2.06. The Morgan fingerprint density at radius 2 is 1.92 bits per heavy atom. The number of alkyl halides is 3. The van der Waals surface area contributed by atoms with Crippen molar-refractivity contribution in [2.24, 2.45) is 0 Å². The summed E-state index contributed by atoms with van der Waals surface area (Å²) in [4.78, 5) is 0. The van der Waals surface area contributed by atoms with Gasteiger partial charge >= 0.3 is 16.4 Å². The molecule has 0 aliphatic heterocycles. The van der Waals surface area contributed by atoms with Crippen molar-refractivity contribution in [1.82, 2.24) is 10.2 Å². The van der Waals surface area contributed by atoms with Crippen LogP contribution < -0.4 is 0 Å². The highest BCUT2D eigenvalue weighted by Crippen LogP contribution is 2.28.